The molecule has 0 N–H and O–H groups in total. The minimum atomic E-state index is 0.811. The molecule has 0 aliphatic carbocycles. The number of aromatic nitrogens is 2. The summed E-state index contributed by atoms with van der Waals surface area (Å²) in [5.41, 5.74) is 4.44. The van der Waals surface area contributed by atoms with Crippen molar-refractivity contribution in [3.8, 4) is 11.3 Å². The highest BCUT2D eigenvalue weighted by atomic mass is 16.5. The van der Waals surface area contributed by atoms with Gasteiger partial charge < -0.3 is 9.64 Å². The van der Waals surface area contributed by atoms with Gasteiger partial charge in [0.2, 0.25) is 0 Å². The first kappa shape index (κ1) is 19.3. The van der Waals surface area contributed by atoms with E-state index in [0.717, 1.165) is 62.8 Å². The molecule has 2 aliphatic heterocycles. The molecule has 1 aromatic carbocycles. The van der Waals surface area contributed by atoms with E-state index in [4.69, 9.17) is 4.74 Å². The van der Waals surface area contributed by atoms with Crippen LogP contribution in [-0.2, 0) is 11.3 Å². The summed E-state index contributed by atoms with van der Waals surface area (Å²) in [6.45, 7) is 9.40. The Morgan fingerprint density at radius 3 is 2.18 bits per heavy atom. The number of piperazine rings is 1. The van der Waals surface area contributed by atoms with Gasteiger partial charge in [-0.05, 0) is 37.1 Å². The summed E-state index contributed by atoms with van der Waals surface area (Å²) in [5.74, 6) is 0. The largest absolute Gasteiger partial charge is 0.383 e. The van der Waals surface area contributed by atoms with E-state index in [9.17, 15) is 0 Å². The monoisotopic (exact) mass is 381 g/mol. The van der Waals surface area contributed by atoms with Crippen LogP contribution in [0.25, 0.3) is 11.3 Å². The second-order valence-electron chi connectivity index (χ2n) is 7.76. The van der Waals surface area contributed by atoms with Gasteiger partial charge >= 0.3 is 0 Å². The molecule has 3 heterocycles. The van der Waals surface area contributed by atoms with Crippen LogP contribution in [0, 0.1) is 0 Å². The molecule has 6 heteroatoms. The van der Waals surface area contributed by atoms with E-state index >= 15 is 0 Å². The molecule has 0 atom stereocenters. The van der Waals surface area contributed by atoms with Crippen LogP contribution >= 0.6 is 0 Å². The normalized spacial score (nSPS) is 18.7. The number of methoxy groups -OCH3 is 1. The highest BCUT2D eigenvalue weighted by Gasteiger charge is 2.17. The van der Waals surface area contributed by atoms with Crippen molar-refractivity contribution in [1.82, 2.24) is 20.0 Å². The number of rotatable bonds is 7. The smallest absolute Gasteiger partial charge is 0.0929 e. The standard InChI is InChI=1S/C22H31N5O/c1-28-17-16-25-12-14-26(15-13-25)18-20-6-9-22(24-23-20)19-4-7-21(8-5-19)27-10-2-3-11-27/h4-9H,2-3,10-18H2,1H3. The molecule has 2 fully saturated rings. The summed E-state index contributed by atoms with van der Waals surface area (Å²) < 4.78 is 5.17. The molecule has 28 heavy (non-hydrogen) atoms. The van der Waals surface area contributed by atoms with Crippen LogP contribution in [0.5, 0.6) is 0 Å². The molecule has 2 saturated heterocycles. The molecule has 0 saturated carbocycles. The Morgan fingerprint density at radius 1 is 0.821 bits per heavy atom. The van der Waals surface area contributed by atoms with Gasteiger partial charge in [-0.25, -0.2) is 0 Å². The number of benzene rings is 1. The van der Waals surface area contributed by atoms with E-state index in [1.807, 2.05) is 0 Å². The summed E-state index contributed by atoms with van der Waals surface area (Å²) in [4.78, 5) is 7.37. The van der Waals surface area contributed by atoms with Crippen LogP contribution in [0.2, 0.25) is 0 Å². The Kier molecular flexibility index (Phi) is 6.52. The number of ether oxygens (including phenoxy) is 1. The molecule has 0 radical (unpaired) electrons. The molecule has 0 unspecified atom stereocenters. The summed E-state index contributed by atoms with van der Waals surface area (Å²) in [7, 11) is 1.76. The number of anilines is 1. The molecule has 1 aromatic heterocycles. The van der Waals surface area contributed by atoms with Gasteiger partial charge in [-0.15, -0.1) is 0 Å². The van der Waals surface area contributed by atoms with E-state index in [0.29, 0.717) is 0 Å². The lowest BCUT2D eigenvalue weighted by Gasteiger charge is -2.34. The molecule has 0 spiro atoms. The molecule has 2 aliphatic rings. The topological polar surface area (TPSA) is 44.7 Å². The summed E-state index contributed by atoms with van der Waals surface area (Å²) in [6, 6.07) is 13.0. The number of hydrogen-bond donors (Lipinski definition) is 0. The average Bonchev–Trinajstić information content (AvgIpc) is 3.29. The maximum atomic E-state index is 5.17. The summed E-state index contributed by atoms with van der Waals surface area (Å²) in [5, 5.41) is 8.96. The van der Waals surface area contributed by atoms with Crippen molar-refractivity contribution in [2.45, 2.75) is 19.4 Å². The fourth-order valence-corrected chi connectivity index (χ4v) is 4.04. The van der Waals surface area contributed by atoms with Crippen molar-refractivity contribution in [2.75, 3.05) is 64.4 Å². The fourth-order valence-electron chi connectivity index (χ4n) is 4.04. The van der Waals surface area contributed by atoms with Crippen LogP contribution in [0.4, 0.5) is 5.69 Å². The van der Waals surface area contributed by atoms with Gasteiger partial charge in [-0.3, -0.25) is 9.80 Å². The van der Waals surface area contributed by atoms with Crippen LogP contribution in [0.15, 0.2) is 36.4 Å². The lowest BCUT2D eigenvalue weighted by atomic mass is 10.1. The van der Waals surface area contributed by atoms with Gasteiger partial charge in [0.1, 0.15) is 0 Å². The van der Waals surface area contributed by atoms with Crippen LogP contribution in [0.1, 0.15) is 18.5 Å². The van der Waals surface area contributed by atoms with Gasteiger partial charge in [-0.1, -0.05) is 12.1 Å². The first-order valence-corrected chi connectivity index (χ1v) is 10.4. The Labute approximate surface area is 168 Å². The molecular weight excluding hydrogens is 350 g/mol. The zero-order valence-corrected chi connectivity index (χ0v) is 16.9. The van der Waals surface area contributed by atoms with Gasteiger partial charge in [0.25, 0.3) is 0 Å². The fraction of sp³-hybridized carbons (Fsp3) is 0.545. The molecule has 6 nitrogen and oxygen atoms in total. The zero-order valence-electron chi connectivity index (χ0n) is 16.9. The van der Waals surface area contributed by atoms with Crippen molar-refractivity contribution >= 4 is 5.69 Å². The molecular formula is C22H31N5O. The quantitative estimate of drug-likeness (QED) is 0.734. The predicted molar refractivity (Wildman–Crippen MR) is 113 cm³/mol. The van der Waals surface area contributed by atoms with E-state index in [1.54, 1.807) is 7.11 Å². The number of hydrogen-bond acceptors (Lipinski definition) is 6. The Morgan fingerprint density at radius 2 is 1.54 bits per heavy atom. The van der Waals surface area contributed by atoms with Crippen molar-refractivity contribution in [1.29, 1.82) is 0 Å². The third kappa shape index (κ3) is 4.87. The van der Waals surface area contributed by atoms with E-state index in [2.05, 4.69) is 61.3 Å². The van der Waals surface area contributed by atoms with E-state index in [-0.39, 0.29) is 0 Å². The second kappa shape index (κ2) is 9.45. The molecule has 4 rings (SSSR count). The van der Waals surface area contributed by atoms with Gasteiger partial charge in [-0.2, -0.15) is 10.2 Å². The Balaban J connectivity index is 1.30. The third-order valence-corrected chi connectivity index (χ3v) is 5.82. The van der Waals surface area contributed by atoms with Crippen molar-refractivity contribution in [3.05, 3.63) is 42.1 Å². The van der Waals surface area contributed by atoms with Crippen LogP contribution < -0.4 is 4.90 Å². The highest BCUT2D eigenvalue weighted by molar-refractivity contribution is 5.63. The first-order valence-electron chi connectivity index (χ1n) is 10.4. The predicted octanol–water partition coefficient (Wildman–Crippen LogP) is 2.51. The maximum absolute atomic E-state index is 5.17. The van der Waals surface area contributed by atoms with E-state index < -0.39 is 0 Å². The second-order valence-corrected chi connectivity index (χ2v) is 7.76. The summed E-state index contributed by atoms with van der Waals surface area (Å²) >= 11 is 0. The van der Waals surface area contributed by atoms with Crippen molar-refractivity contribution in [3.63, 3.8) is 0 Å². The molecule has 0 amide bonds. The minimum absolute atomic E-state index is 0.811. The van der Waals surface area contributed by atoms with Crippen molar-refractivity contribution in [2.24, 2.45) is 0 Å². The third-order valence-electron chi connectivity index (χ3n) is 5.82. The Hall–Kier alpha value is -2.02. The molecule has 150 valence electrons. The zero-order chi connectivity index (χ0) is 19.2. The van der Waals surface area contributed by atoms with E-state index in [1.165, 1.54) is 31.6 Å². The van der Waals surface area contributed by atoms with Crippen LogP contribution in [-0.4, -0.2) is 79.5 Å². The lowest BCUT2D eigenvalue weighted by molar-refractivity contribution is 0.0931. The minimum Gasteiger partial charge on any atom is -0.383 e. The maximum Gasteiger partial charge on any atom is 0.0929 e. The van der Waals surface area contributed by atoms with Gasteiger partial charge in [0, 0.05) is 70.7 Å². The lowest BCUT2D eigenvalue weighted by Crippen LogP contribution is -2.46. The van der Waals surface area contributed by atoms with Crippen molar-refractivity contribution < 1.29 is 4.74 Å². The Bertz CT molecular complexity index is 720. The summed E-state index contributed by atoms with van der Waals surface area (Å²) in [6.07, 6.45) is 2.60. The SMILES string of the molecule is COCCN1CCN(Cc2ccc(-c3ccc(N4CCCC4)cc3)nn2)CC1. The van der Waals surface area contributed by atoms with Gasteiger partial charge in [0.15, 0.2) is 0 Å². The average molecular weight is 382 g/mol. The molecule has 2 aromatic rings. The molecule has 0 bridgehead atoms. The van der Waals surface area contributed by atoms with Gasteiger partial charge in [0.05, 0.1) is 18.0 Å². The van der Waals surface area contributed by atoms with Crippen LogP contribution in [0.3, 0.4) is 0 Å². The first-order chi connectivity index (χ1) is 13.8. The number of nitrogens with zero attached hydrogens (tertiary/aromatic N) is 5. The highest BCUT2D eigenvalue weighted by Crippen LogP contribution is 2.24.